The van der Waals surface area contributed by atoms with Crippen molar-refractivity contribution in [2.45, 2.75) is 0 Å². The highest BCUT2D eigenvalue weighted by molar-refractivity contribution is 6.02. The van der Waals surface area contributed by atoms with Gasteiger partial charge in [-0.25, -0.2) is 14.2 Å². The molecule has 6 heteroatoms. The molecule has 1 heterocycles. The number of hydrogen-bond donors (Lipinski definition) is 2. The minimum atomic E-state index is -1.19. The van der Waals surface area contributed by atoms with Crippen LogP contribution >= 0.6 is 0 Å². The van der Waals surface area contributed by atoms with Gasteiger partial charge in [-0.15, -0.1) is 0 Å². The molecule has 2 aromatic rings. The first kappa shape index (κ1) is 14.4. The van der Waals surface area contributed by atoms with E-state index in [1.807, 2.05) is 0 Å². The number of carboxylic acid groups (broad SMARTS) is 1. The number of nitrogens with one attached hydrogen (secondary N) is 1. The topological polar surface area (TPSA) is 79.3 Å². The number of nitrogens with zero attached hydrogens (tertiary/aromatic N) is 1. The lowest BCUT2D eigenvalue weighted by Crippen LogP contribution is -2.09. The number of hydrogen-bond acceptors (Lipinski definition) is 3. The monoisotopic (exact) mass is 286 g/mol. The third-order valence-electron chi connectivity index (χ3n) is 2.57. The number of aromatic carboxylic acids is 1. The zero-order valence-corrected chi connectivity index (χ0v) is 10.8. The molecule has 1 aromatic carbocycles. The van der Waals surface area contributed by atoms with E-state index >= 15 is 0 Å². The van der Waals surface area contributed by atoms with Crippen molar-refractivity contribution >= 4 is 23.6 Å². The van der Waals surface area contributed by atoms with Gasteiger partial charge in [-0.1, -0.05) is 18.2 Å². The van der Waals surface area contributed by atoms with Crippen LogP contribution in [-0.2, 0) is 4.79 Å². The van der Waals surface area contributed by atoms with Crippen molar-refractivity contribution in [2.24, 2.45) is 0 Å². The van der Waals surface area contributed by atoms with Crippen LogP contribution in [0.25, 0.3) is 6.08 Å². The Bertz CT molecular complexity index is 714. The SMILES string of the molecule is O=C(C=Cc1ccccc1F)Nc1ccnc(C(=O)O)c1. The number of carbonyl (C=O) groups excluding carboxylic acids is 1. The summed E-state index contributed by atoms with van der Waals surface area (Å²) in [6.07, 6.45) is 3.78. The molecule has 5 nitrogen and oxygen atoms in total. The third kappa shape index (κ3) is 3.97. The Morgan fingerprint density at radius 1 is 1.24 bits per heavy atom. The number of benzene rings is 1. The summed E-state index contributed by atoms with van der Waals surface area (Å²) >= 11 is 0. The van der Waals surface area contributed by atoms with Gasteiger partial charge in [0.2, 0.25) is 5.91 Å². The van der Waals surface area contributed by atoms with E-state index in [0.717, 1.165) is 0 Å². The maximum atomic E-state index is 13.4. The molecule has 106 valence electrons. The number of amides is 1. The van der Waals surface area contributed by atoms with Crippen LogP contribution < -0.4 is 5.32 Å². The fourth-order valence-corrected chi connectivity index (χ4v) is 1.58. The van der Waals surface area contributed by atoms with Gasteiger partial charge in [-0.3, -0.25) is 4.79 Å². The fourth-order valence-electron chi connectivity index (χ4n) is 1.58. The van der Waals surface area contributed by atoms with Gasteiger partial charge in [-0.05, 0) is 24.3 Å². The van der Waals surface area contributed by atoms with Crippen LogP contribution in [0.5, 0.6) is 0 Å². The number of halogens is 1. The Morgan fingerprint density at radius 2 is 2.00 bits per heavy atom. The molecule has 1 aromatic heterocycles. The lowest BCUT2D eigenvalue weighted by molar-refractivity contribution is -0.111. The number of carbonyl (C=O) groups is 2. The van der Waals surface area contributed by atoms with Crippen molar-refractivity contribution in [1.29, 1.82) is 0 Å². The molecule has 0 saturated heterocycles. The van der Waals surface area contributed by atoms with Crippen LogP contribution in [0.4, 0.5) is 10.1 Å². The van der Waals surface area contributed by atoms with E-state index in [0.29, 0.717) is 5.69 Å². The number of pyridine rings is 1. The summed E-state index contributed by atoms with van der Waals surface area (Å²) in [7, 11) is 0. The molecule has 0 radical (unpaired) electrons. The molecule has 2 rings (SSSR count). The standard InChI is InChI=1S/C15H11FN2O3/c16-12-4-2-1-3-10(12)5-6-14(19)18-11-7-8-17-13(9-11)15(20)21/h1-9H,(H,20,21)(H,17,18,19). The predicted molar refractivity (Wildman–Crippen MR) is 75.3 cm³/mol. The largest absolute Gasteiger partial charge is 0.477 e. The van der Waals surface area contributed by atoms with Crippen LogP contribution in [-0.4, -0.2) is 22.0 Å². The van der Waals surface area contributed by atoms with E-state index in [4.69, 9.17) is 5.11 Å². The van der Waals surface area contributed by atoms with Gasteiger partial charge in [-0.2, -0.15) is 0 Å². The second kappa shape index (κ2) is 6.42. The average Bonchev–Trinajstić information content (AvgIpc) is 2.46. The van der Waals surface area contributed by atoms with Crippen LogP contribution in [0.1, 0.15) is 16.1 Å². The van der Waals surface area contributed by atoms with Gasteiger partial charge in [0.1, 0.15) is 11.5 Å². The summed E-state index contributed by atoms with van der Waals surface area (Å²) in [6.45, 7) is 0. The van der Waals surface area contributed by atoms with Gasteiger partial charge < -0.3 is 10.4 Å². The zero-order chi connectivity index (χ0) is 15.2. The van der Waals surface area contributed by atoms with Crippen LogP contribution in [0, 0.1) is 5.82 Å². The Labute approximate surface area is 119 Å². The smallest absolute Gasteiger partial charge is 0.354 e. The summed E-state index contributed by atoms with van der Waals surface area (Å²) < 4.78 is 13.4. The highest BCUT2D eigenvalue weighted by atomic mass is 19.1. The van der Waals surface area contributed by atoms with Crippen molar-refractivity contribution in [3.63, 3.8) is 0 Å². The van der Waals surface area contributed by atoms with E-state index in [9.17, 15) is 14.0 Å². The second-order valence-electron chi connectivity index (χ2n) is 4.08. The first-order chi connectivity index (χ1) is 10.1. The van der Waals surface area contributed by atoms with Gasteiger partial charge in [0.05, 0.1) is 0 Å². The highest BCUT2D eigenvalue weighted by Gasteiger charge is 2.06. The van der Waals surface area contributed by atoms with E-state index < -0.39 is 17.7 Å². The van der Waals surface area contributed by atoms with Crippen molar-refractivity contribution in [3.8, 4) is 0 Å². The molecule has 0 fully saturated rings. The minimum Gasteiger partial charge on any atom is -0.477 e. The Kier molecular flexibility index (Phi) is 4.40. The average molecular weight is 286 g/mol. The van der Waals surface area contributed by atoms with Crippen LogP contribution in [0.15, 0.2) is 48.7 Å². The highest BCUT2D eigenvalue weighted by Crippen LogP contribution is 2.10. The Morgan fingerprint density at radius 3 is 2.71 bits per heavy atom. The maximum Gasteiger partial charge on any atom is 0.354 e. The molecule has 0 aliphatic heterocycles. The third-order valence-corrected chi connectivity index (χ3v) is 2.57. The summed E-state index contributed by atoms with van der Waals surface area (Å²) in [5.74, 6) is -2.12. The lowest BCUT2D eigenvalue weighted by Gasteiger charge is -2.02. The maximum absolute atomic E-state index is 13.4. The summed E-state index contributed by atoms with van der Waals surface area (Å²) in [6, 6.07) is 8.73. The predicted octanol–water partition coefficient (Wildman–Crippen LogP) is 2.57. The van der Waals surface area contributed by atoms with Crippen molar-refractivity contribution in [1.82, 2.24) is 4.98 Å². The fraction of sp³-hybridized carbons (Fsp3) is 0. The van der Waals surface area contributed by atoms with Gasteiger partial charge in [0.25, 0.3) is 0 Å². The molecule has 1 amide bonds. The molecule has 0 saturated carbocycles. The molecule has 0 bridgehead atoms. The first-order valence-corrected chi connectivity index (χ1v) is 5.99. The number of anilines is 1. The van der Waals surface area contributed by atoms with E-state index in [-0.39, 0.29) is 11.3 Å². The molecule has 2 N–H and O–H groups in total. The zero-order valence-electron chi connectivity index (χ0n) is 10.8. The molecular formula is C15H11FN2O3. The molecule has 0 atom stereocenters. The second-order valence-corrected chi connectivity index (χ2v) is 4.08. The number of aromatic nitrogens is 1. The number of rotatable bonds is 4. The van der Waals surface area contributed by atoms with E-state index in [1.165, 1.54) is 42.6 Å². The summed E-state index contributed by atoms with van der Waals surface area (Å²) in [4.78, 5) is 26.1. The van der Waals surface area contributed by atoms with Gasteiger partial charge in [0, 0.05) is 23.5 Å². The van der Waals surface area contributed by atoms with Gasteiger partial charge >= 0.3 is 5.97 Å². The van der Waals surface area contributed by atoms with Crippen molar-refractivity contribution < 1.29 is 19.1 Å². The van der Waals surface area contributed by atoms with E-state index in [1.54, 1.807) is 12.1 Å². The Balaban J connectivity index is 2.07. The molecular weight excluding hydrogens is 275 g/mol. The van der Waals surface area contributed by atoms with Crippen molar-refractivity contribution in [2.75, 3.05) is 5.32 Å². The lowest BCUT2D eigenvalue weighted by atomic mass is 10.2. The minimum absolute atomic E-state index is 0.175. The van der Waals surface area contributed by atoms with Crippen molar-refractivity contribution in [3.05, 3.63) is 65.7 Å². The molecule has 0 aliphatic rings. The summed E-state index contributed by atoms with van der Waals surface area (Å²) in [5.41, 5.74) is 0.407. The van der Waals surface area contributed by atoms with Gasteiger partial charge in [0.15, 0.2) is 0 Å². The van der Waals surface area contributed by atoms with Crippen LogP contribution in [0.2, 0.25) is 0 Å². The van der Waals surface area contributed by atoms with E-state index in [2.05, 4.69) is 10.3 Å². The molecule has 0 spiro atoms. The normalized spacial score (nSPS) is 10.5. The first-order valence-electron chi connectivity index (χ1n) is 5.99. The number of carboxylic acids is 1. The quantitative estimate of drug-likeness (QED) is 0.847. The summed E-state index contributed by atoms with van der Waals surface area (Å²) in [5, 5.41) is 11.3. The molecule has 21 heavy (non-hydrogen) atoms. The van der Waals surface area contributed by atoms with Crippen LogP contribution in [0.3, 0.4) is 0 Å². The molecule has 0 unspecified atom stereocenters. The molecule has 0 aliphatic carbocycles. The Hall–Kier alpha value is -3.02.